The van der Waals surface area contributed by atoms with Gasteiger partial charge in [-0.05, 0) is 40.7 Å². The predicted octanol–water partition coefficient (Wildman–Crippen LogP) is 4.88. The Hall–Kier alpha value is -1.82. The third kappa shape index (κ3) is 2.11. The molecule has 0 unspecified atom stereocenters. The van der Waals surface area contributed by atoms with Gasteiger partial charge in [0.1, 0.15) is 0 Å². The summed E-state index contributed by atoms with van der Waals surface area (Å²) in [4.78, 5) is 0. The third-order valence-electron chi connectivity index (χ3n) is 3.60. The van der Waals surface area contributed by atoms with Crippen LogP contribution in [-0.2, 0) is 12.8 Å². The smallest absolute Gasteiger partial charge is 0.00880 e. The number of aryl methyl sites for hydroxylation is 1. The van der Waals surface area contributed by atoms with Crippen LogP contribution in [0.15, 0.2) is 48.5 Å². The van der Waals surface area contributed by atoms with Gasteiger partial charge in [0.2, 0.25) is 0 Å². The van der Waals surface area contributed by atoms with Crippen molar-refractivity contribution in [2.45, 2.75) is 26.2 Å². The fraction of sp³-hybridized carbons (Fsp3) is 0.222. The number of hydrogen-bond acceptors (Lipinski definition) is 0. The molecule has 18 heavy (non-hydrogen) atoms. The highest BCUT2D eigenvalue weighted by molar-refractivity contribution is 5.70. The van der Waals surface area contributed by atoms with Gasteiger partial charge in [-0.1, -0.05) is 68.0 Å². The quantitative estimate of drug-likeness (QED) is 0.710. The van der Waals surface area contributed by atoms with Crippen molar-refractivity contribution >= 4 is 6.08 Å². The summed E-state index contributed by atoms with van der Waals surface area (Å²) in [6.45, 7) is 2.22. The van der Waals surface area contributed by atoms with Gasteiger partial charge >= 0.3 is 0 Å². The van der Waals surface area contributed by atoms with E-state index in [0.717, 1.165) is 6.42 Å². The van der Waals surface area contributed by atoms with Crippen LogP contribution in [0.3, 0.4) is 0 Å². The fourth-order valence-electron chi connectivity index (χ4n) is 2.59. The molecule has 0 amide bonds. The third-order valence-corrected chi connectivity index (χ3v) is 3.60. The minimum absolute atomic E-state index is 1.08. The van der Waals surface area contributed by atoms with E-state index in [1.54, 1.807) is 0 Å². The molecule has 0 bridgehead atoms. The zero-order valence-electron chi connectivity index (χ0n) is 10.8. The highest BCUT2D eigenvalue weighted by atomic mass is 14.1. The maximum absolute atomic E-state index is 2.32. The molecular formula is C18H18. The second kappa shape index (κ2) is 4.81. The normalized spacial score (nSPS) is 12.7. The van der Waals surface area contributed by atoms with Crippen molar-refractivity contribution in [3.8, 4) is 11.1 Å². The Bertz CT molecular complexity index is 573. The Balaban J connectivity index is 1.90. The second-order valence-electron chi connectivity index (χ2n) is 4.97. The fourth-order valence-corrected chi connectivity index (χ4v) is 2.59. The van der Waals surface area contributed by atoms with E-state index >= 15 is 0 Å². The highest BCUT2D eigenvalue weighted by Gasteiger charge is 2.06. The average molecular weight is 234 g/mol. The number of rotatable bonds is 3. The van der Waals surface area contributed by atoms with Crippen LogP contribution in [0, 0.1) is 0 Å². The van der Waals surface area contributed by atoms with Crippen molar-refractivity contribution in [1.82, 2.24) is 0 Å². The van der Waals surface area contributed by atoms with Crippen LogP contribution in [0.25, 0.3) is 17.2 Å². The summed E-state index contributed by atoms with van der Waals surface area (Å²) in [5, 5.41) is 0. The molecular weight excluding hydrogens is 216 g/mol. The van der Waals surface area contributed by atoms with E-state index < -0.39 is 0 Å². The molecule has 0 fully saturated rings. The van der Waals surface area contributed by atoms with Crippen LogP contribution in [0.5, 0.6) is 0 Å². The lowest BCUT2D eigenvalue weighted by Crippen LogP contribution is -1.86. The molecule has 2 aromatic carbocycles. The Kier molecular flexibility index (Phi) is 3.02. The van der Waals surface area contributed by atoms with Crippen molar-refractivity contribution in [2.75, 3.05) is 0 Å². The predicted molar refractivity (Wildman–Crippen MR) is 78.6 cm³/mol. The van der Waals surface area contributed by atoms with Gasteiger partial charge in [0.15, 0.2) is 0 Å². The Morgan fingerprint density at radius 1 is 0.944 bits per heavy atom. The first-order valence-corrected chi connectivity index (χ1v) is 6.75. The summed E-state index contributed by atoms with van der Waals surface area (Å²) in [5.41, 5.74) is 6.92. The second-order valence-corrected chi connectivity index (χ2v) is 4.97. The van der Waals surface area contributed by atoms with E-state index in [2.05, 4.69) is 61.5 Å². The first-order valence-electron chi connectivity index (χ1n) is 6.75. The van der Waals surface area contributed by atoms with Crippen molar-refractivity contribution < 1.29 is 0 Å². The minimum Gasteiger partial charge on any atom is -0.0795 e. The van der Waals surface area contributed by atoms with Crippen molar-refractivity contribution in [2.24, 2.45) is 0 Å². The van der Waals surface area contributed by atoms with E-state index in [4.69, 9.17) is 0 Å². The van der Waals surface area contributed by atoms with Gasteiger partial charge in [-0.15, -0.1) is 0 Å². The van der Waals surface area contributed by atoms with Crippen molar-refractivity contribution in [1.29, 1.82) is 0 Å². The van der Waals surface area contributed by atoms with Gasteiger partial charge in [-0.3, -0.25) is 0 Å². The molecule has 0 heteroatoms. The summed E-state index contributed by atoms with van der Waals surface area (Å²) in [5.74, 6) is 0. The minimum atomic E-state index is 1.08. The number of hydrogen-bond donors (Lipinski definition) is 0. The molecule has 0 nitrogen and oxygen atoms in total. The molecule has 2 aromatic rings. The standard InChI is InChI=1S/C18H18/c1-2-4-14-7-9-16(10-8-14)18-12-11-15-5-3-6-17(15)13-18/h3,5,7-13H,2,4,6H2,1H3. The van der Waals surface area contributed by atoms with Crippen LogP contribution in [-0.4, -0.2) is 0 Å². The maximum atomic E-state index is 2.32. The number of benzene rings is 2. The zero-order chi connectivity index (χ0) is 12.4. The molecule has 3 rings (SSSR count). The molecule has 0 N–H and O–H groups in total. The largest absolute Gasteiger partial charge is 0.0795 e. The molecule has 0 heterocycles. The van der Waals surface area contributed by atoms with E-state index in [1.165, 1.54) is 40.7 Å². The van der Waals surface area contributed by atoms with Crippen LogP contribution < -0.4 is 0 Å². The van der Waals surface area contributed by atoms with E-state index in [-0.39, 0.29) is 0 Å². The Labute approximate surface area is 109 Å². The molecule has 0 aliphatic heterocycles. The lowest BCUT2D eigenvalue weighted by atomic mass is 9.99. The number of fused-ring (bicyclic) bond motifs is 1. The molecule has 1 aliphatic rings. The molecule has 0 radical (unpaired) electrons. The van der Waals surface area contributed by atoms with Crippen LogP contribution in [0.1, 0.15) is 30.0 Å². The van der Waals surface area contributed by atoms with Crippen LogP contribution in [0.2, 0.25) is 0 Å². The molecule has 0 atom stereocenters. The Morgan fingerprint density at radius 2 is 1.72 bits per heavy atom. The lowest BCUT2D eigenvalue weighted by molar-refractivity contribution is 0.922. The van der Waals surface area contributed by atoms with Crippen molar-refractivity contribution in [3.63, 3.8) is 0 Å². The molecule has 0 saturated heterocycles. The van der Waals surface area contributed by atoms with Crippen molar-refractivity contribution in [3.05, 3.63) is 65.2 Å². The van der Waals surface area contributed by atoms with E-state index in [1.807, 2.05) is 0 Å². The van der Waals surface area contributed by atoms with E-state index in [0.29, 0.717) is 0 Å². The molecule has 0 saturated carbocycles. The monoisotopic (exact) mass is 234 g/mol. The van der Waals surface area contributed by atoms with Gasteiger partial charge in [-0.2, -0.15) is 0 Å². The maximum Gasteiger partial charge on any atom is -0.00880 e. The highest BCUT2D eigenvalue weighted by Crippen LogP contribution is 2.27. The lowest BCUT2D eigenvalue weighted by Gasteiger charge is -2.06. The van der Waals surface area contributed by atoms with Gasteiger partial charge in [-0.25, -0.2) is 0 Å². The first kappa shape index (κ1) is 11.3. The Morgan fingerprint density at radius 3 is 2.50 bits per heavy atom. The molecule has 90 valence electrons. The molecule has 1 aliphatic carbocycles. The van der Waals surface area contributed by atoms with Gasteiger partial charge in [0.05, 0.1) is 0 Å². The molecule has 0 spiro atoms. The summed E-state index contributed by atoms with van der Waals surface area (Å²) in [6, 6.07) is 15.8. The summed E-state index contributed by atoms with van der Waals surface area (Å²) < 4.78 is 0. The van der Waals surface area contributed by atoms with Gasteiger partial charge in [0.25, 0.3) is 0 Å². The first-order chi connectivity index (χ1) is 8.86. The van der Waals surface area contributed by atoms with E-state index in [9.17, 15) is 0 Å². The summed E-state index contributed by atoms with van der Waals surface area (Å²) >= 11 is 0. The number of allylic oxidation sites excluding steroid dienone is 1. The van der Waals surface area contributed by atoms with Crippen LogP contribution in [0.4, 0.5) is 0 Å². The summed E-state index contributed by atoms with van der Waals surface area (Å²) in [6.07, 6.45) is 7.91. The van der Waals surface area contributed by atoms with Crippen LogP contribution >= 0.6 is 0 Å². The van der Waals surface area contributed by atoms with Gasteiger partial charge < -0.3 is 0 Å². The summed E-state index contributed by atoms with van der Waals surface area (Å²) in [7, 11) is 0. The average Bonchev–Trinajstić information content (AvgIpc) is 2.87. The SMILES string of the molecule is CCCc1ccc(-c2ccc3c(c2)CC=C3)cc1. The zero-order valence-corrected chi connectivity index (χ0v) is 10.8. The van der Waals surface area contributed by atoms with Gasteiger partial charge in [0, 0.05) is 0 Å². The topological polar surface area (TPSA) is 0 Å². The molecule has 0 aromatic heterocycles.